The molecule has 49 heavy (non-hydrogen) atoms. The number of carbonyl (C=O) groups is 2. The van der Waals surface area contributed by atoms with E-state index in [1.165, 1.54) is 29.3 Å². The fraction of sp³-hybridized carbons (Fsp3) is 0.167. The zero-order valence-corrected chi connectivity index (χ0v) is 25.9. The monoisotopic (exact) mass is 671 g/mol. The number of halogens is 4. The molecule has 250 valence electrons. The van der Waals surface area contributed by atoms with Crippen LogP contribution < -0.4 is 10.5 Å². The third-order valence-electron chi connectivity index (χ3n) is 8.27. The van der Waals surface area contributed by atoms with Crippen LogP contribution in [0, 0.1) is 23.3 Å². The lowest BCUT2D eigenvalue weighted by Crippen LogP contribution is -2.50. The number of piperazine rings is 1. The van der Waals surface area contributed by atoms with E-state index in [0.717, 1.165) is 28.1 Å². The number of aliphatic hydroxyl groups excluding tert-OH is 1. The molecule has 1 N–H and O–H groups in total. The van der Waals surface area contributed by atoms with Gasteiger partial charge in [0.1, 0.15) is 17.4 Å². The van der Waals surface area contributed by atoms with E-state index in [1.807, 2.05) is 36.5 Å². The maximum Gasteiger partial charge on any atom is 0.294 e. The molecule has 0 bridgehead atoms. The first-order valence-electron chi connectivity index (χ1n) is 15.3. The van der Waals surface area contributed by atoms with E-state index in [9.17, 15) is 37.1 Å². The number of benzene rings is 3. The molecule has 1 aliphatic heterocycles. The number of aliphatic hydroxyl groups is 1. The zero-order chi connectivity index (χ0) is 34.7. The number of pyridine rings is 1. The summed E-state index contributed by atoms with van der Waals surface area (Å²) in [5.41, 5.74) is -0.0249. The highest BCUT2D eigenvalue weighted by Crippen LogP contribution is 2.22. The van der Waals surface area contributed by atoms with Crippen LogP contribution >= 0.6 is 0 Å². The van der Waals surface area contributed by atoms with Crippen molar-refractivity contribution in [1.29, 1.82) is 0 Å². The smallest absolute Gasteiger partial charge is 0.294 e. The van der Waals surface area contributed by atoms with Crippen molar-refractivity contribution in [2.24, 2.45) is 0 Å². The molecule has 9 nitrogen and oxygen atoms in total. The van der Waals surface area contributed by atoms with E-state index >= 15 is 0 Å². The number of amides is 1. The van der Waals surface area contributed by atoms with Crippen LogP contribution in [0.25, 0.3) is 11.4 Å². The largest absolute Gasteiger partial charge is 0.507 e. The van der Waals surface area contributed by atoms with Crippen LogP contribution in [0.5, 0.6) is 0 Å². The first-order valence-corrected chi connectivity index (χ1v) is 15.3. The van der Waals surface area contributed by atoms with Crippen LogP contribution in [0.1, 0.15) is 22.3 Å². The maximum atomic E-state index is 14.5. The number of hydrogen-bond acceptors (Lipinski definition) is 6. The van der Waals surface area contributed by atoms with Crippen molar-refractivity contribution in [3.05, 3.63) is 153 Å². The Kier molecular flexibility index (Phi) is 9.42. The fourth-order valence-electron chi connectivity index (χ4n) is 5.67. The fourth-order valence-corrected chi connectivity index (χ4v) is 5.67. The Morgan fingerprint density at radius 1 is 0.837 bits per heavy atom. The van der Waals surface area contributed by atoms with Gasteiger partial charge in [-0.05, 0) is 60.2 Å². The van der Waals surface area contributed by atoms with Crippen LogP contribution in [0.2, 0.25) is 0 Å². The number of anilines is 1. The first-order chi connectivity index (χ1) is 23.6. The first kappa shape index (κ1) is 32.9. The molecular formula is C36H29F4N5O4. The number of carbonyl (C=O) groups excluding carboxylic acids is 2. The molecule has 0 saturated carbocycles. The van der Waals surface area contributed by atoms with Crippen LogP contribution in [0.15, 0.2) is 102 Å². The van der Waals surface area contributed by atoms with Crippen molar-refractivity contribution < 1.29 is 32.3 Å². The Hall–Kier alpha value is -5.98. The number of hydrogen-bond donors (Lipinski definition) is 1. The van der Waals surface area contributed by atoms with Crippen LogP contribution in [0.3, 0.4) is 0 Å². The predicted octanol–water partition coefficient (Wildman–Crippen LogP) is 5.05. The standard InChI is InChI=1S/C36H29F4N5O4/c37-29-5-2-1-4-24(29)22-44-21-23(18-27-30(38)10-11-31(39)34(27)40)19-28(35(44)48)32(46)20-33(47)36(49)43-16-14-42(15-17-43)25-6-8-26(9-7-25)45-13-3-12-41-45/h1-13,19-21,46H,14-18,22H2. The Bertz CT molecular complexity index is 2110. The molecule has 3 aromatic carbocycles. The Labute approximate surface area is 277 Å². The van der Waals surface area contributed by atoms with E-state index in [4.69, 9.17) is 0 Å². The second kappa shape index (κ2) is 14.0. The summed E-state index contributed by atoms with van der Waals surface area (Å²) in [4.78, 5) is 42.9. The normalized spacial score (nSPS) is 13.5. The van der Waals surface area contributed by atoms with Crippen molar-refractivity contribution in [3.63, 3.8) is 0 Å². The van der Waals surface area contributed by atoms with Gasteiger partial charge in [0.15, 0.2) is 11.6 Å². The van der Waals surface area contributed by atoms with Crippen molar-refractivity contribution in [1.82, 2.24) is 19.2 Å². The molecule has 0 spiro atoms. The zero-order valence-electron chi connectivity index (χ0n) is 25.9. The van der Waals surface area contributed by atoms with Gasteiger partial charge in [-0.3, -0.25) is 14.4 Å². The molecule has 5 aromatic rings. The van der Waals surface area contributed by atoms with Crippen LogP contribution in [-0.2, 0) is 22.6 Å². The number of rotatable bonds is 9. The van der Waals surface area contributed by atoms with Gasteiger partial charge in [0, 0.05) is 74.1 Å². The molecular weight excluding hydrogens is 642 g/mol. The lowest BCUT2D eigenvalue weighted by molar-refractivity contribution is -0.142. The molecule has 3 heterocycles. The average molecular weight is 672 g/mol. The van der Waals surface area contributed by atoms with Crippen molar-refractivity contribution in [2.45, 2.75) is 13.0 Å². The maximum absolute atomic E-state index is 14.5. The van der Waals surface area contributed by atoms with Gasteiger partial charge < -0.3 is 19.5 Å². The van der Waals surface area contributed by atoms with Crippen molar-refractivity contribution in [2.75, 3.05) is 31.1 Å². The van der Waals surface area contributed by atoms with E-state index in [1.54, 1.807) is 16.9 Å². The minimum Gasteiger partial charge on any atom is -0.507 e. The lowest BCUT2D eigenvalue weighted by Gasteiger charge is -2.35. The Morgan fingerprint density at radius 2 is 1.53 bits per heavy atom. The molecule has 0 atom stereocenters. The minimum absolute atomic E-state index is 0.0434. The van der Waals surface area contributed by atoms with Crippen molar-refractivity contribution >= 4 is 23.1 Å². The number of ketones is 1. The highest BCUT2D eigenvalue weighted by Gasteiger charge is 2.26. The van der Waals surface area contributed by atoms with E-state index in [-0.39, 0.29) is 30.8 Å². The molecule has 13 heteroatoms. The van der Waals surface area contributed by atoms with Crippen molar-refractivity contribution in [3.8, 4) is 5.69 Å². The highest BCUT2D eigenvalue weighted by molar-refractivity contribution is 6.41. The summed E-state index contributed by atoms with van der Waals surface area (Å²) in [5, 5.41) is 15.2. The summed E-state index contributed by atoms with van der Waals surface area (Å²) in [7, 11) is 0. The molecule has 1 aliphatic rings. The molecule has 1 amide bonds. The molecule has 1 saturated heterocycles. The van der Waals surface area contributed by atoms with Gasteiger partial charge in [-0.15, -0.1) is 0 Å². The summed E-state index contributed by atoms with van der Waals surface area (Å²) < 4.78 is 60.2. The summed E-state index contributed by atoms with van der Waals surface area (Å²) in [6, 6.07) is 17.6. The molecule has 0 unspecified atom stereocenters. The third kappa shape index (κ3) is 7.15. The molecule has 6 rings (SSSR count). The third-order valence-corrected chi connectivity index (χ3v) is 8.27. The lowest BCUT2D eigenvalue weighted by atomic mass is 10.0. The molecule has 0 aliphatic carbocycles. The quantitative estimate of drug-likeness (QED) is 0.0775. The van der Waals surface area contributed by atoms with Crippen LogP contribution in [0.4, 0.5) is 23.2 Å². The van der Waals surface area contributed by atoms with Gasteiger partial charge in [0.05, 0.1) is 17.8 Å². The number of aromatic nitrogens is 3. The summed E-state index contributed by atoms with van der Waals surface area (Å²) in [5.74, 6) is -7.25. The SMILES string of the molecule is O=C(C=C(O)c1cc(Cc2c(F)ccc(F)c2F)cn(Cc2ccccc2F)c1=O)C(=O)N1CCN(c2ccc(-n3cccn3)cc2)CC1. The molecule has 0 radical (unpaired) electrons. The van der Waals surface area contributed by atoms with Crippen LogP contribution in [-0.4, -0.2) is 62.2 Å². The van der Waals surface area contributed by atoms with Gasteiger partial charge in [-0.2, -0.15) is 5.10 Å². The summed E-state index contributed by atoms with van der Waals surface area (Å²) in [6.07, 6.45) is 4.78. The Balaban J connectivity index is 1.21. The minimum atomic E-state index is -1.43. The second-order valence-corrected chi connectivity index (χ2v) is 11.4. The van der Waals surface area contributed by atoms with Gasteiger partial charge in [-0.1, -0.05) is 18.2 Å². The second-order valence-electron chi connectivity index (χ2n) is 11.4. The van der Waals surface area contributed by atoms with Gasteiger partial charge in [0.25, 0.3) is 11.5 Å². The summed E-state index contributed by atoms with van der Waals surface area (Å²) in [6.45, 7) is 0.972. The topological polar surface area (TPSA) is 101 Å². The summed E-state index contributed by atoms with van der Waals surface area (Å²) >= 11 is 0. The predicted molar refractivity (Wildman–Crippen MR) is 173 cm³/mol. The highest BCUT2D eigenvalue weighted by atomic mass is 19.2. The van der Waals surface area contributed by atoms with Gasteiger partial charge in [0.2, 0.25) is 5.78 Å². The number of nitrogens with zero attached hydrogens (tertiary/aromatic N) is 5. The molecule has 2 aromatic heterocycles. The van der Waals surface area contributed by atoms with E-state index in [2.05, 4.69) is 10.00 Å². The van der Waals surface area contributed by atoms with Gasteiger partial charge >= 0.3 is 0 Å². The van der Waals surface area contributed by atoms with E-state index in [0.29, 0.717) is 25.2 Å². The van der Waals surface area contributed by atoms with E-state index < -0.39 is 63.8 Å². The van der Waals surface area contributed by atoms with Gasteiger partial charge in [-0.25, -0.2) is 22.2 Å². The molecule has 1 fully saturated rings. The Morgan fingerprint density at radius 3 is 2.22 bits per heavy atom. The average Bonchev–Trinajstić information content (AvgIpc) is 3.66.